The van der Waals surface area contributed by atoms with Crippen molar-refractivity contribution in [1.29, 1.82) is 0 Å². The third kappa shape index (κ3) is 25.4. The lowest BCUT2D eigenvalue weighted by Gasteiger charge is -2.39. The van der Waals surface area contributed by atoms with Crippen LogP contribution in [0.3, 0.4) is 0 Å². The van der Waals surface area contributed by atoms with Gasteiger partial charge in [0.2, 0.25) is 0 Å². The molecule has 2 atom stereocenters. The van der Waals surface area contributed by atoms with Crippen LogP contribution in [0.2, 0.25) is 0 Å². The molecule has 0 heterocycles. The van der Waals surface area contributed by atoms with Gasteiger partial charge in [0, 0.05) is 0 Å². The monoisotopic (exact) mass is 561 g/mol. The van der Waals surface area contributed by atoms with Gasteiger partial charge in [-0.2, -0.15) is 0 Å². The van der Waals surface area contributed by atoms with E-state index >= 15 is 0 Å². The van der Waals surface area contributed by atoms with Crippen molar-refractivity contribution >= 4 is 21.6 Å². The van der Waals surface area contributed by atoms with Crippen LogP contribution in [0.4, 0.5) is 0 Å². The summed E-state index contributed by atoms with van der Waals surface area (Å²) in [7, 11) is 3.52. The minimum absolute atomic E-state index is 0. The van der Waals surface area contributed by atoms with E-state index in [1.807, 2.05) is 0 Å². The molecule has 0 aliphatic heterocycles. The van der Waals surface area contributed by atoms with E-state index in [9.17, 15) is 0 Å². The molecule has 0 rings (SSSR count). The molecule has 0 radical (unpaired) electrons. The Labute approximate surface area is 246 Å². The van der Waals surface area contributed by atoms with Crippen molar-refractivity contribution in [2.45, 2.75) is 219 Å². The third-order valence-corrected chi connectivity index (χ3v) is 9.92. The van der Waals surface area contributed by atoms with E-state index in [-0.39, 0.29) is 12.4 Å². The van der Waals surface area contributed by atoms with Gasteiger partial charge < -0.3 is 0 Å². The lowest BCUT2D eigenvalue weighted by atomic mass is 9.77. The van der Waals surface area contributed by atoms with E-state index in [0.717, 1.165) is 5.92 Å². The van der Waals surface area contributed by atoms with Gasteiger partial charge in [-0.05, 0) is 36.8 Å². The number of unbranched alkanes of at least 4 members (excludes halogenated alkanes) is 21. The van der Waals surface area contributed by atoms with Crippen molar-refractivity contribution in [3.05, 3.63) is 0 Å². The van der Waals surface area contributed by atoms with E-state index in [1.165, 1.54) is 186 Å². The van der Waals surface area contributed by atoms with E-state index in [4.69, 9.17) is 0 Å². The van der Waals surface area contributed by atoms with Crippen LogP contribution < -0.4 is 0 Å². The van der Waals surface area contributed by atoms with Gasteiger partial charge in [0.25, 0.3) is 0 Å². The zero-order valence-corrected chi connectivity index (χ0v) is 28.5. The molecule has 0 nitrogen and oxygen atoms in total. The Kier molecular flexibility index (Phi) is 33.7. The van der Waals surface area contributed by atoms with Crippen LogP contribution in [0.1, 0.15) is 214 Å². The molecular weight excluding hydrogens is 487 g/mol. The second kappa shape index (κ2) is 31.3. The molecule has 0 bridgehead atoms. The Bertz CT molecular complexity index is 396. The van der Waals surface area contributed by atoms with Crippen LogP contribution in [0.15, 0.2) is 0 Å². The summed E-state index contributed by atoms with van der Waals surface area (Å²) in [6, 6.07) is 0. The molecular formula is C35H74ClP. The molecule has 226 valence electrons. The van der Waals surface area contributed by atoms with Crippen molar-refractivity contribution in [1.82, 2.24) is 0 Å². The highest BCUT2D eigenvalue weighted by molar-refractivity contribution is 7.19. The summed E-state index contributed by atoms with van der Waals surface area (Å²) >= 11 is 0. The van der Waals surface area contributed by atoms with Crippen molar-refractivity contribution in [2.24, 2.45) is 5.92 Å². The molecule has 0 N–H and O–H groups in total. The Morgan fingerprint density at radius 2 is 0.622 bits per heavy atom. The number of halogens is 1. The van der Waals surface area contributed by atoms with Gasteiger partial charge >= 0.3 is 0 Å². The number of hydrogen-bond acceptors (Lipinski definition) is 0. The highest BCUT2D eigenvalue weighted by Gasteiger charge is 2.32. The summed E-state index contributed by atoms with van der Waals surface area (Å²) in [6.07, 6.45) is 42.1. The number of rotatable bonds is 30. The quantitative estimate of drug-likeness (QED) is 0.0605. The van der Waals surface area contributed by atoms with Crippen LogP contribution in [-0.4, -0.2) is 5.16 Å². The van der Waals surface area contributed by atoms with Gasteiger partial charge in [0.1, 0.15) is 0 Å². The fraction of sp³-hybridized carbons (Fsp3) is 1.00. The second-order valence-electron chi connectivity index (χ2n) is 12.4. The molecule has 0 amide bonds. The first-order valence-electron chi connectivity index (χ1n) is 17.4. The second-order valence-corrected chi connectivity index (χ2v) is 13.6. The van der Waals surface area contributed by atoms with E-state index < -0.39 is 0 Å². The van der Waals surface area contributed by atoms with Crippen LogP contribution in [0, 0.1) is 5.92 Å². The van der Waals surface area contributed by atoms with Crippen LogP contribution in [0.5, 0.6) is 0 Å². The summed E-state index contributed by atoms with van der Waals surface area (Å²) in [4.78, 5) is 0. The molecule has 2 heteroatoms. The first-order valence-corrected chi connectivity index (χ1v) is 18.0. The highest BCUT2D eigenvalue weighted by atomic mass is 35.5. The van der Waals surface area contributed by atoms with E-state index in [0.29, 0.717) is 5.16 Å². The van der Waals surface area contributed by atoms with E-state index in [1.54, 1.807) is 0 Å². The largest absolute Gasteiger partial charge is 0.147 e. The maximum absolute atomic E-state index is 3.52. The molecule has 0 spiro atoms. The zero-order chi connectivity index (χ0) is 26.6. The predicted molar refractivity (Wildman–Crippen MR) is 180 cm³/mol. The summed E-state index contributed by atoms with van der Waals surface area (Å²) in [5.41, 5.74) is 0. The van der Waals surface area contributed by atoms with Gasteiger partial charge in [-0.3, -0.25) is 0 Å². The molecule has 37 heavy (non-hydrogen) atoms. The van der Waals surface area contributed by atoms with Gasteiger partial charge in [0.05, 0.1) is 0 Å². The van der Waals surface area contributed by atoms with Crippen molar-refractivity contribution in [3.63, 3.8) is 0 Å². The van der Waals surface area contributed by atoms with Gasteiger partial charge in [-0.15, -0.1) is 21.6 Å². The molecule has 0 aromatic rings. The van der Waals surface area contributed by atoms with Gasteiger partial charge in [-0.1, -0.05) is 188 Å². The zero-order valence-electron chi connectivity index (χ0n) is 26.6. The lowest BCUT2D eigenvalue weighted by molar-refractivity contribution is 0.269. The van der Waals surface area contributed by atoms with E-state index in [2.05, 4.69) is 36.9 Å². The summed E-state index contributed by atoms with van der Waals surface area (Å²) in [5, 5.41) is 0.516. The number of hydrogen-bond donors (Lipinski definition) is 0. The molecule has 0 aliphatic carbocycles. The topological polar surface area (TPSA) is 0 Å². The molecule has 2 unspecified atom stereocenters. The molecule has 0 saturated heterocycles. The minimum atomic E-state index is 0. The smallest absolute Gasteiger partial charge is 0.0122 e. The average molecular weight is 561 g/mol. The average Bonchev–Trinajstić information content (AvgIpc) is 2.88. The fourth-order valence-electron chi connectivity index (χ4n) is 6.24. The predicted octanol–water partition coefficient (Wildman–Crippen LogP) is 14.0. The SMILES string of the molecule is CCCCCCCCCCCCC(CCCCCCC)C(P)(CCCCCCC)CCCCCCC.Cl. The Hall–Kier alpha value is 0.720. The molecule has 0 fully saturated rings. The summed E-state index contributed by atoms with van der Waals surface area (Å²) in [5.74, 6) is 0.940. The molecule has 0 aliphatic rings. The molecule has 0 aromatic heterocycles. The maximum Gasteiger partial charge on any atom is -0.0122 e. The molecule has 0 aromatic carbocycles. The normalized spacial score (nSPS) is 12.6. The van der Waals surface area contributed by atoms with Crippen LogP contribution in [-0.2, 0) is 0 Å². The highest BCUT2D eigenvalue weighted by Crippen LogP contribution is 2.44. The molecule has 0 saturated carbocycles. The Balaban J connectivity index is 0. The Morgan fingerprint density at radius 1 is 0.378 bits per heavy atom. The lowest BCUT2D eigenvalue weighted by Crippen LogP contribution is -2.32. The van der Waals surface area contributed by atoms with Crippen LogP contribution >= 0.6 is 21.6 Å². The standard InChI is InChI=1S/C35H73P.ClH/c1-5-9-13-17-18-19-20-21-23-27-31-34(30-26-22-14-10-6-2)35(36,32-28-24-15-11-7-3)33-29-25-16-12-8-4;/h34H,5-33,36H2,1-4H3;1H. The Morgan fingerprint density at radius 3 is 0.919 bits per heavy atom. The maximum atomic E-state index is 3.52. The van der Waals surface area contributed by atoms with Crippen molar-refractivity contribution < 1.29 is 0 Å². The minimum Gasteiger partial charge on any atom is -0.147 e. The first-order chi connectivity index (χ1) is 17.6. The van der Waals surface area contributed by atoms with Crippen LogP contribution in [0.25, 0.3) is 0 Å². The summed E-state index contributed by atoms with van der Waals surface area (Å²) in [6.45, 7) is 9.36. The van der Waals surface area contributed by atoms with Crippen molar-refractivity contribution in [3.8, 4) is 0 Å². The van der Waals surface area contributed by atoms with Crippen molar-refractivity contribution in [2.75, 3.05) is 0 Å². The first kappa shape index (κ1) is 39.9. The van der Waals surface area contributed by atoms with Gasteiger partial charge in [-0.25, -0.2) is 0 Å². The fourth-order valence-corrected chi connectivity index (χ4v) is 6.98. The summed E-state index contributed by atoms with van der Waals surface area (Å²) < 4.78 is 0. The third-order valence-electron chi connectivity index (χ3n) is 8.87. The van der Waals surface area contributed by atoms with Gasteiger partial charge in [0.15, 0.2) is 0 Å².